The largest absolute Gasteiger partial charge is 0.294 e. The molecule has 0 saturated carbocycles. The van der Waals surface area contributed by atoms with Crippen LogP contribution in [0, 0.1) is 6.92 Å². The highest BCUT2D eigenvalue weighted by Gasteiger charge is 2.04. The Morgan fingerprint density at radius 1 is 1.38 bits per heavy atom. The van der Waals surface area contributed by atoms with E-state index >= 15 is 0 Å². The van der Waals surface area contributed by atoms with Gasteiger partial charge in [0, 0.05) is 13.6 Å². The number of hydrogen-bond acceptors (Lipinski definition) is 1. The Morgan fingerprint density at radius 2 is 1.92 bits per heavy atom. The number of benzene rings is 1. The maximum atomic E-state index is 10.6. The van der Waals surface area contributed by atoms with E-state index < -0.39 is 11.3 Å². The summed E-state index contributed by atoms with van der Waals surface area (Å²) in [6, 6.07) is 7.89. The predicted molar refractivity (Wildman–Crippen MR) is 53.4 cm³/mol. The average molecular weight is 199 g/mol. The van der Waals surface area contributed by atoms with Gasteiger partial charge in [0.15, 0.2) is 0 Å². The van der Waals surface area contributed by atoms with Crippen LogP contribution < -0.4 is 0 Å². The molecule has 0 aliphatic carbocycles. The summed E-state index contributed by atoms with van der Waals surface area (Å²) in [6.45, 7) is 2.50. The van der Waals surface area contributed by atoms with Gasteiger partial charge in [-0.2, -0.15) is 4.31 Å². The molecule has 0 bridgehead atoms. The Kier molecular flexibility index (Phi) is 3.59. The molecule has 3 nitrogen and oxygen atoms in total. The first kappa shape index (κ1) is 10.4. The van der Waals surface area contributed by atoms with Crippen LogP contribution in [0.1, 0.15) is 11.1 Å². The van der Waals surface area contributed by atoms with E-state index in [1.807, 2.05) is 31.2 Å². The molecule has 0 aliphatic heterocycles. The van der Waals surface area contributed by atoms with Gasteiger partial charge in [0.05, 0.1) is 0 Å². The molecular formula is C9H13NO2S. The highest BCUT2D eigenvalue weighted by Crippen LogP contribution is 2.06. The van der Waals surface area contributed by atoms with Crippen molar-refractivity contribution in [2.24, 2.45) is 0 Å². The van der Waals surface area contributed by atoms with Gasteiger partial charge < -0.3 is 0 Å². The van der Waals surface area contributed by atoms with Crippen molar-refractivity contribution >= 4 is 11.3 Å². The van der Waals surface area contributed by atoms with Crippen molar-refractivity contribution in [2.75, 3.05) is 7.05 Å². The SMILES string of the molecule is Cc1ccc(CN(C)S(=O)O)cc1. The minimum Gasteiger partial charge on any atom is -0.294 e. The molecule has 0 fully saturated rings. The normalized spacial score (nSPS) is 13.2. The van der Waals surface area contributed by atoms with Gasteiger partial charge in [0.1, 0.15) is 0 Å². The molecule has 1 rings (SSSR count). The van der Waals surface area contributed by atoms with E-state index in [4.69, 9.17) is 4.55 Å². The summed E-state index contributed by atoms with van der Waals surface area (Å²) in [7, 11) is 1.61. The quantitative estimate of drug-likeness (QED) is 0.750. The first-order valence-electron chi connectivity index (χ1n) is 3.97. The fourth-order valence-electron chi connectivity index (χ4n) is 1.01. The summed E-state index contributed by atoms with van der Waals surface area (Å²) in [4.78, 5) is 0. The van der Waals surface area contributed by atoms with Gasteiger partial charge in [-0.25, -0.2) is 4.21 Å². The molecule has 0 saturated heterocycles. The Morgan fingerprint density at radius 3 is 2.38 bits per heavy atom. The van der Waals surface area contributed by atoms with Crippen molar-refractivity contribution in [2.45, 2.75) is 13.5 Å². The van der Waals surface area contributed by atoms with Crippen LogP contribution in [0.5, 0.6) is 0 Å². The first-order valence-corrected chi connectivity index (χ1v) is 5.03. The molecular weight excluding hydrogens is 186 g/mol. The van der Waals surface area contributed by atoms with E-state index in [1.165, 1.54) is 9.87 Å². The summed E-state index contributed by atoms with van der Waals surface area (Å²) in [6.07, 6.45) is 0. The van der Waals surface area contributed by atoms with Gasteiger partial charge in [0.2, 0.25) is 11.3 Å². The number of hydrogen-bond donors (Lipinski definition) is 1. The van der Waals surface area contributed by atoms with Gasteiger partial charge >= 0.3 is 0 Å². The van der Waals surface area contributed by atoms with Crippen LogP contribution in [-0.4, -0.2) is 20.1 Å². The topological polar surface area (TPSA) is 40.5 Å². The Bertz CT molecular complexity index is 297. The zero-order valence-electron chi connectivity index (χ0n) is 7.73. The fourth-order valence-corrected chi connectivity index (χ4v) is 1.27. The van der Waals surface area contributed by atoms with Gasteiger partial charge in [-0.3, -0.25) is 4.55 Å². The van der Waals surface area contributed by atoms with E-state index in [1.54, 1.807) is 7.05 Å². The molecule has 0 radical (unpaired) electrons. The van der Waals surface area contributed by atoms with Crippen LogP contribution in [0.25, 0.3) is 0 Å². The molecule has 1 aromatic rings. The summed E-state index contributed by atoms with van der Waals surface area (Å²) in [5.74, 6) is 0. The van der Waals surface area contributed by atoms with Crippen molar-refractivity contribution in [3.8, 4) is 0 Å². The van der Waals surface area contributed by atoms with Crippen molar-refractivity contribution in [1.82, 2.24) is 4.31 Å². The molecule has 1 unspecified atom stereocenters. The lowest BCUT2D eigenvalue weighted by Gasteiger charge is -2.10. The molecule has 1 atom stereocenters. The molecule has 0 aliphatic rings. The van der Waals surface area contributed by atoms with Crippen molar-refractivity contribution in [1.29, 1.82) is 0 Å². The van der Waals surface area contributed by atoms with Crippen molar-refractivity contribution in [3.63, 3.8) is 0 Å². The van der Waals surface area contributed by atoms with Gasteiger partial charge in [-0.05, 0) is 12.5 Å². The third kappa shape index (κ3) is 3.26. The Balaban J connectivity index is 2.64. The molecule has 4 heteroatoms. The minimum absolute atomic E-state index is 0.489. The Hall–Kier alpha value is -0.710. The average Bonchev–Trinajstić information content (AvgIpc) is 2.08. The third-order valence-electron chi connectivity index (χ3n) is 1.79. The molecule has 0 amide bonds. The molecule has 1 aromatic carbocycles. The lowest BCUT2D eigenvalue weighted by molar-refractivity contribution is 0.444. The van der Waals surface area contributed by atoms with Crippen LogP contribution in [0.4, 0.5) is 0 Å². The predicted octanol–water partition coefficient (Wildman–Crippen LogP) is 1.56. The van der Waals surface area contributed by atoms with Crippen LogP contribution in [0.2, 0.25) is 0 Å². The maximum absolute atomic E-state index is 10.6. The van der Waals surface area contributed by atoms with Gasteiger partial charge in [-0.15, -0.1) is 0 Å². The highest BCUT2D eigenvalue weighted by atomic mass is 32.2. The second-order valence-corrected chi connectivity index (χ2v) is 4.09. The van der Waals surface area contributed by atoms with E-state index in [-0.39, 0.29) is 0 Å². The Labute approximate surface area is 80.8 Å². The van der Waals surface area contributed by atoms with E-state index in [0.29, 0.717) is 6.54 Å². The first-order chi connectivity index (χ1) is 6.09. The smallest absolute Gasteiger partial charge is 0.234 e. The van der Waals surface area contributed by atoms with Gasteiger partial charge in [0.25, 0.3) is 0 Å². The van der Waals surface area contributed by atoms with E-state index in [0.717, 1.165) is 5.56 Å². The third-order valence-corrected chi connectivity index (χ3v) is 2.45. The highest BCUT2D eigenvalue weighted by molar-refractivity contribution is 7.76. The zero-order chi connectivity index (χ0) is 9.84. The summed E-state index contributed by atoms with van der Waals surface area (Å²) < 4.78 is 20.7. The number of nitrogens with zero attached hydrogens (tertiary/aromatic N) is 1. The van der Waals surface area contributed by atoms with Crippen molar-refractivity contribution in [3.05, 3.63) is 35.4 Å². The molecule has 0 spiro atoms. The lowest BCUT2D eigenvalue weighted by atomic mass is 10.1. The molecule has 0 heterocycles. The summed E-state index contributed by atoms with van der Waals surface area (Å²) >= 11 is -1.88. The lowest BCUT2D eigenvalue weighted by Crippen LogP contribution is -2.19. The van der Waals surface area contributed by atoms with Crippen LogP contribution in [0.15, 0.2) is 24.3 Å². The second-order valence-electron chi connectivity index (χ2n) is 3.00. The monoisotopic (exact) mass is 199 g/mol. The molecule has 0 aromatic heterocycles. The van der Waals surface area contributed by atoms with Crippen LogP contribution >= 0.6 is 0 Å². The molecule has 72 valence electrons. The number of rotatable bonds is 3. The maximum Gasteiger partial charge on any atom is 0.234 e. The van der Waals surface area contributed by atoms with Crippen LogP contribution in [0.3, 0.4) is 0 Å². The zero-order valence-corrected chi connectivity index (χ0v) is 8.54. The fraction of sp³-hybridized carbons (Fsp3) is 0.333. The van der Waals surface area contributed by atoms with E-state index in [2.05, 4.69) is 0 Å². The van der Waals surface area contributed by atoms with E-state index in [9.17, 15) is 4.21 Å². The molecule has 1 N–H and O–H groups in total. The number of aryl methyl sites for hydroxylation is 1. The second kappa shape index (κ2) is 4.50. The summed E-state index contributed by atoms with van der Waals surface area (Å²) in [5, 5.41) is 0. The standard InChI is InChI=1S/C9H13NO2S/c1-8-3-5-9(6-4-8)7-10(2)13(11)12/h3-6H,7H2,1-2H3,(H,11,12). The van der Waals surface area contributed by atoms with Gasteiger partial charge in [-0.1, -0.05) is 29.8 Å². The summed E-state index contributed by atoms with van der Waals surface area (Å²) in [5.41, 5.74) is 2.23. The van der Waals surface area contributed by atoms with Crippen LogP contribution in [-0.2, 0) is 17.8 Å². The molecule has 13 heavy (non-hydrogen) atoms. The minimum atomic E-state index is -1.88. The van der Waals surface area contributed by atoms with Crippen molar-refractivity contribution < 1.29 is 8.76 Å².